The largest absolute Gasteiger partial charge is 0.371 e. The molecule has 1 heterocycles. The molecule has 1 aromatic carbocycles. The Hall–Kier alpha value is -1.45. The van der Waals surface area contributed by atoms with E-state index in [0.717, 1.165) is 42.6 Å². The average molecular weight is 457 g/mol. The Morgan fingerprint density at radius 1 is 1.10 bits per heavy atom. The molecule has 1 fully saturated rings. The lowest BCUT2D eigenvalue weighted by atomic mass is 9.86. The maximum Gasteiger partial charge on any atom is 0.226 e. The summed E-state index contributed by atoms with van der Waals surface area (Å²) in [7, 11) is -7.55. The number of thiazole rings is 1. The van der Waals surface area contributed by atoms with Crippen LogP contribution in [0.1, 0.15) is 51.5 Å². The van der Waals surface area contributed by atoms with E-state index in [2.05, 4.69) is 17.2 Å². The first-order valence-electron chi connectivity index (χ1n) is 9.97. The zero-order chi connectivity index (χ0) is 21.2. The van der Waals surface area contributed by atoms with E-state index in [1.807, 2.05) is 6.92 Å². The summed E-state index contributed by atoms with van der Waals surface area (Å²) in [6.45, 7) is 5.80. The molecular weight excluding hydrogens is 428 g/mol. The van der Waals surface area contributed by atoms with Gasteiger partial charge in [0.25, 0.3) is 0 Å². The summed E-state index contributed by atoms with van der Waals surface area (Å²) in [5, 5.41) is 3.48. The number of aryl methyl sites for hydroxylation is 1. The third-order valence-corrected chi connectivity index (χ3v) is 10.5. The molecule has 0 saturated heterocycles. The summed E-state index contributed by atoms with van der Waals surface area (Å²) >= 11 is 0.937. The number of nitrogens with one attached hydrogen (secondary N) is 1. The fraction of sp³-hybridized carbons (Fsp3) is 0.550. The normalized spacial score (nSPS) is 20.5. The van der Waals surface area contributed by atoms with Crippen LogP contribution in [0.5, 0.6) is 0 Å². The van der Waals surface area contributed by atoms with Crippen molar-refractivity contribution in [2.45, 2.75) is 73.2 Å². The van der Waals surface area contributed by atoms with Gasteiger partial charge in [-0.1, -0.05) is 55.7 Å². The fourth-order valence-electron chi connectivity index (χ4n) is 3.58. The third kappa shape index (κ3) is 4.83. The van der Waals surface area contributed by atoms with Crippen molar-refractivity contribution in [2.24, 2.45) is 5.92 Å². The van der Waals surface area contributed by atoms with E-state index in [1.165, 1.54) is 12.1 Å². The highest BCUT2D eigenvalue weighted by Crippen LogP contribution is 2.37. The zero-order valence-electron chi connectivity index (χ0n) is 17.0. The Balaban J connectivity index is 2.08. The Bertz CT molecular complexity index is 1060. The molecule has 1 aliphatic rings. The second-order valence-corrected chi connectivity index (χ2v) is 12.9. The van der Waals surface area contributed by atoms with Crippen molar-refractivity contribution >= 4 is 36.0 Å². The van der Waals surface area contributed by atoms with Gasteiger partial charge in [0.05, 0.1) is 10.6 Å². The van der Waals surface area contributed by atoms with Crippen LogP contribution in [0.4, 0.5) is 5.00 Å². The summed E-state index contributed by atoms with van der Waals surface area (Å²) < 4.78 is 51.6. The number of nitrogens with zero attached hydrogens (tertiary/aromatic N) is 1. The van der Waals surface area contributed by atoms with Crippen LogP contribution in [-0.2, 0) is 19.7 Å². The lowest BCUT2D eigenvalue weighted by molar-refractivity contribution is 0.349. The number of benzene rings is 1. The molecule has 3 rings (SSSR count). The summed E-state index contributed by atoms with van der Waals surface area (Å²) in [5.41, 5.74) is 0.947. The van der Waals surface area contributed by atoms with Gasteiger partial charge >= 0.3 is 0 Å². The molecule has 1 aliphatic carbocycles. The Morgan fingerprint density at radius 2 is 1.76 bits per heavy atom. The number of rotatable bonds is 7. The van der Waals surface area contributed by atoms with Gasteiger partial charge in [-0.3, -0.25) is 0 Å². The predicted molar refractivity (Wildman–Crippen MR) is 116 cm³/mol. The van der Waals surface area contributed by atoms with Gasteiger partial charge in [-0.15, -0.1) is 0 Å². The minimum atomic E-state index is -3.94. The van der Waals surface area contributed by atoms with Crippen molar-refractivity contribution in [3.8, 4) is 0 Å². The molecule has 2 atom stereocenters. The molecule has 6 nitrogen and oxygen atoms in total. The van der Waals surface area contributed by atoms with Gasteiger partial charge in [0.2, 0.25) is 24.0 Å². The van der Waals surface area contributed by atoms with Crippen molar-refractivity contribution in [3.63, 3.8) is 0 Å². The van der Waals surface area contributed by atoms with E-state index in [9.17, 15) is 16.8 Å². The minimum absolute atomic E-state index is 0.0518. The second-order valence-electron chi connectivity index (χ2n) is 7.76. The number of hydrogen-bond acceptors (Lipinski definition) is 7. The smallest absolute Gasteiger partial charge is 0.226 e. The number of anilines is 1. The molecule has 1 saturated carbocycles. The molecule has 160 valence electrons. The summed E-state index contributed by atoms with van der Waals surface area (Å²) in [6, 6.07) is 6.64. The van der Waals surface area contributed by atoms with Gasteiger partial charge in [0.1, 0.15) is 5.00 Å². The lowest BCUT2D eigenvalue weighted by Crippen LogP contribution is -2.30. The van der Waals surface area contributed by atoms with Crippen LogP contribution in [0.3, 0.4) is 0 Å². The van der Waals surface area contributed by atoms with E-state index >= 15 is 0 Å². The van der Waals surface area contributed by atoms with Crippen molar-refractivity contribution in [3.05, 3.63) is 29.8 Å². The second kappa shape index (κ2) is 8.73. The van der Waals surface area contributed by atoms with Crippen molar-refractivity contribution in [1.29, 1.82) is 0 Å². The van der Waals surface area contributed by atoms with Crippen LogP contribution < -0.4 is 5.32 Å². The van der Waals surface area contributed by atoms with Crippen LogP contribution in [0.2, 0.25) is 0 Å². The molecular formula is C20H28N2O4S3. The van der Waals surface area contributed by atoms with E-state index in [-0.39, 0.29) is 26.1 Å². The molecule has 0 unspecified atom stereocenters. The van der Waals surface area contributed by atoms with E-state index in [4.69, 9.17) is 0 Å². The van der Waals surface area contributed by atoms with Crippen molar-refractivity contribution < 1.29 is 16.8 Å². The lowest BCUT2D eigenvalue weighted by Gasteiger charge is -2.29. The van der Waals surface area contributed by atoms with Gasteiger partial charge < -0.3 is 5.32 Å². The molecule has 1 aromatic heterocycles. The maximum atomic E-state index is 13.3. The predicted octanol–water partition coefficient (Wildman–Crippen LogP) is 4.46. The van der Waals surface area contributed by atoms with Crippen LogP contribution in [0, 0.1) is 12.8 Å². The molecule has 9 heteroatoms. The molecule has 0 aliphatic heterocycles. The zero-order valence-corrected chi connectivity index (χ0v) is 19.5. The first-order valence-corrected chi connectivity index (χ1v) is 13.9. The summed E-state index contributed by atoms with van der Waals surface area (Å²) in [6.07, 6.45) is 4.68. The molecule has 0 radical (unpaired) electrons. The van der Waals surface area contributed by atoms with E-state index in [1.54, 1.807) is 19.1 Å². The minimum Gasteiger partial charge on any atom is -0.371 e. The number of hydrogen-bond donors (Lipinski definition) is 1. The number of sulfone groups is 2. The molecule has 0 spiro atoms. The molecule has 1 N–H and O–H groups in total. The van der Waals surface area contributed by atoms with E-state index < -0.39 is 19.7 Å². The van der Waals surface area contributed by atoms with Crippen molar-refractivity contribution in [2.75, 3.05) is 11.1 Å². The highest BCUT2D eigenvalue weighted by Gasteiger charge is 2.32. The maximum absolute atomic E-state index is 13.3. The first kappa shape index (κ1) is 22.2. The third-order valence-electron chi connectivity index (χ3n) is 5.33. The van der Waals surface area contributed by atoms with Crippen molar-refractivity contribution in [1.82, 2.24) is 4.98 Å². The topological polar surface area (TPSA) is 93.2 Å². The van der Waals surface area contributed by atoms with E-state index in [0.29, 0.717) is 17.3 Å². The fourth-order valence-corrected chi connectivity index (χ4v) is 7.98. The van der Waals surface area contributed by atoms with Gasteiger partial charge in [-0.25, -0.2) is 21.8 Å². The Morgan fingerprint density at radius 3 is 2.38 bits per heavy atom. The summed E-state index contributed by atoms with van der Waals surface area (Å²) in [5.74, 6) is 0.334. The summed E-state index contributed by atoms with van der Waals surface area (Å²) in [4.78, 5) is 4.26. The monoisotopic (exact) mass is 456 g/mol. The molecule has 0 amide bonds. The first-order chi connectivity index (χ1) is 13.6. The van der Waals surface area contributed by atoms with Crippen LogP contribution >= 0.6 is 11.3 Å². The molecule has 0 bridgehead atoms. The van der Waals surface area contributed by atoms with Crippen LogP contribution in [-0.4, -0.2) is 33.6 Å². The van der Waals surface area contributed by atoms with Gasteiger partial charge in [-0.2, -0.15) is 0 Å². The van der Waals surface area contributed by atoms with Gasteiger partial charge in [0.15, 0.2) is 5.03 Å². The van der Waals surface area contributed by atoms with Gasteiger partial charge in [-0.05, 0) is 44.2 Å². The van der Waals surface area contributed by atoms with Crippen LogP contribution in [0.15, 0.2) is 38.5 Å². The molecule has 2 aromatic rings. The quantitative estimate of drug-likeness (QED) is 0.661. The van der Waals surface area contributed by atoms with Gasteiger partial charge in [0, 0.05) is 6.04 Å². The average Bonchev–Trinajstić information content (AvgIpc) is 3.10. The SMILES string of the molecule is CCCS(=O)(=O)c1nc(S(=O)(=O)c2ccc(C)cc2)c(N[C@@H]2CCCC[C@@H]2C)s1. The Kier molecular flexibility index (Phi) is 6.70. The highest BCUT2D eigenvalue weighted by molar-refractivity contribution is 7.94. The van der Waals surface area contributed by atoms with Crippen LogP contribution in [0.25, 0.3) is 0 Å². The standard InChI is InChI=1S/C20H28N2O4S3/c1-4-13-28(23,24)20-22-19(29(25,26)16-11-9-14(2)10-12-16)18(27-20)21-17-8-6-5-7-15(17)3/h9-12,15,17,21H,4-8,13H2,1-3H3/t15-,17+/m0/s1. The Labute approximate surface area is 177 Å². The highest BCUT2D eigenvalue weighted by atomic mass is 32.2. The number of aromatic nitrogens is 1. The molecule has 29 heavy (non-hydrogen) atoms.